The van der Waals surface area contributed by atoms with Gasteiger partial charge in [-0.25, -0.2) is 5.10 Å². The van der Waals surface area contributed by atoms with Gasteiger partial charge in [0.2, 0.25) is 5.91 Å². The average molecular weight is 449 g/mol. The first-order chi connectivity index (χ1) is 15.2. The van der Waals surface area contributed by atoms with Gasteiger partial charge in [-0.1, -0.05) is 44.1 Å². The maximum absolute atomic E-state index is 12.3. The smallest absolute Gasteiger partial charge is 0.226 e. The van der Waals surface area contributed by atoms with Crippen LogP contribution >= 0.6 is 12.2 Å². The highest BCUT2D eigenvalue weighted by molar-refractivity contribution is 7.80. The summed E-state index contributed by atoms with van der Waals surface area (Å²) in [5, 5.41) is 20.2. The fourth-order valence-electron chi connectivity index (χ4n) is 4.63. The van der Waals surface area contributed by atoms with E-state index in [4.69, 9.17) is 17.0 Å². The monoisotopic (exact) mass is 448 g/mol. The molecule has 2 aliphatic rings. The molecule has 0 spiro atoms. The van der Waals surface area contributed by atoms with Gasteiger partial charge in [-0.3, -0.25) is 4.79 Å². The van der Waals surface area contributed by atoms with Crippen LogP contribution in [0.3, 0.4) is 0 Å². The van der Waals surface area contributed by atoms with Gasteiger partial charge in [0.25, 0.3) is 0 Å². The molecule has 172 valence electrons. The first-order valence-corrected chi connectivity index (χ1v) is 12.1. The summed E-state index contributed by atoms with van der Waals surface area (Å²) in [6.45, 7) is 3.70. The average Bonchev–Trinajstić information content (AvgIpc) is 3.50. The largest absolute Gasteiger partial charge is 0.379 e. The Kier molecular flexibility index (Phi) is 9.86. The molecule has 0 unspecified atom stereocenters. The molecule has 1 aromatic heterocycles. The van der Waals surface area contributed by atoms with Crippen molar-refractivity contribution in [1.29, 1.82) is 0 Å². The summed E-state index contributed by atoms with van der Waals surface area (Å²) in [5.74, 6) is 1.71. The highest BCUT2D eigenvalue weighted by atomic mass is 32.1. The van der Waals surface area contributed by atoms with Crippen LogP contribution in [0.5, 0.6) is 0 Å². The molecule has 3 rings (SSSR count). The number of fused-ring (bicyclic) bond motifs is 2. The van der Waals surface area contributed by atoms with E-state index < -0.39 is 0 Å². The summed E-state index contributed by atoms with van der Waals surface area (Å²) in [6, 6.07) is 0. The lowest BCUT2D eigenvalue weighted by molar-refractivity contribution is -0.120. The number of amides is 1. The molecule has 0 radical (unpaired) electrons. The quantitative estimate of drug-likeness (QED) is 0.228. The van der Waals surface area contributed by atoms with Crippen molar-refractivity contribution < 1.29 is 9.53 Å². The second-order valence-electron chi connectivity index (χ2n) is 8.60. The number of nitrogens with one attached hydrogen (secondary N) is 3. The molecule has 1 amide bonds. The van der Waals surface area contributed by atoms with Crippen LogP contribution in [0.25, 0.3) is 0 Å². The SMILES string of the molecule is CCCCCNC(=S)CC(=O)NC[C@@H]1[C@H](C/C=C\CCCc2nnn[nH]2)[C@@H]2CC[C@H]1O2. The van der Waals surface area contributed by atoms with Crippen molar-refractivity contribution in [2.75, 3.05) is 13.1 Å². The van der Waals surface area contributed by atoms with Crippen LogP contribution < -0.4 is 10.6 Å². The fraction of sp³-hybridized carbons (Fsp3) is 0.773. The highest BCUT2D eigenvalue weighted by Gasteiger charge is 2.47. The predicted octanol–water partition coefficient (Wildman–Crippen LogP) is 2.88. The highest BCUT2D eigenvalue weighted by Crippen LogP contribution is 2.44. The van der Waals surface area contributed by atoms with Crippen molar-refractivity contribution in [3.8, 4) is 0 Å². The van der Waals surface area contributed by atoms with Crippen molar-refractivity contribution in [2.45, 2.75) is 83.3 Å². The van der Waals surface area contributed by atoms with Crippen LogP contribution in [0.15, 0.2) is 12.2 Å². The van der Waals surface area contributed by atoms with Gasteiger partial charge in [-0.05, 0) is 54.9 Å². The van der Waals surface area contributed by atoms with Crippen molar-refractivity contribution >= 4 is 23.1 Å². The Labute approximate surface area is 190 Å². The van der Waals surface area contributed by atoms with E-state index in [-0.39, 0.29) is 18.4 Å². The number of tetrazole rings is 1. The Morgan fingerprint density at radius 2 is 2.03 bits per heavy atom. The maximum atomic E-state index is 12.3. The molecule has 0 saturated carbocycles. The van der Waals surface area contributed by atoms with Crippen LogP contribution in [0.4, 0.5) is 0 Å². The lowest BCUT2D eigenvalue weighted by atomic mass is 9.77. The molecular formula is C22H36N6O2S. The number of aryl methyl sites for hydroxylation is 1. The third-order valence-corrected chi connectivity index (χ3v) is 6.59. The summed E-state index contributed by atoms with van der Waals surface area (Å²) >= 11 is 5.30. The molecule has 1 aromatic rings. The van der Waals surface area contributed by atoms with Gasteiger partial charge in [0.05, 0.1) is 23.6 Å². The minimum Gasteiger partial charge on any atom is -0.379 e. The van der Waals surface area contributed by atoms with Crippen molar-refractivity contribution in [3.63, 3.8) is 0 Å². The molecule has 2 bridgehead atoms. The van der Waals surface area contributed by atoms with Gasteiger partial charge in [-0.15, -0.1) is 5.10 Å². The number of hydrogen-bond acceptors (Lipinski definition) is 6. The first-order valence-electron chi connectivity index (χ1n) is 11.7. The molecule has 8 nitrogen and oxygen atoms in total. The predicted molar refractivity (Wildman–Crippen MR) is 124 cm³/mol. The second-order valence-corrected chi connectivity index (χ2v) is 9.10. The molecule has 0 aliphatic carbocycles. The molecule has 9 heteroatoms. The summed E-state index contributed by atoms with van der Waals surface area (Å²) in [4.78, 5) is 13.0. The molecule has 31 heavy (non-hydrogen) atoms. The van der Waals surface area contributed by atoms with E-state index in [9.17, 15) is 4.79 Å². The number of thiocarbonyl (C=S) groups is 1. The Morgan fingerprint density at radius 1 is 1.19 bits per heavy atom. The van der Waals surface area contributed by atoms with Crippen LogP contribution in [0.1, 0.15) is 70.5 Å². The van der Waals surface area contributed by atoms with E-state index in [1.165, 1.54) is 12.8 Å². The Hall–Kier alpha value is -1.87. The van der Waals surface area contributed by atoms with E-state index in [2.05, 4.69) is 50.3 Å². The number of nitrogens with zero attached hydrogens (tertiary/aromatic N) is 3. The summed E-state index contributed by atoms with van der Waals surface area (Å²) in [5.41, 5.74) is 0. The number of carbonyl (C=O) groups excluding carboxylic acids is 1. The molecule has 2 fully saturated rings. The van der Waals surface area contributed by atoms with Crippen molar-refractivity contribution in [1.82, 2.24) is 31.3 Å². The van der Waals surface area contributed by atoms with Crippen molar-refractivity contribution in [2.24, 2.45) is 11.8 Å². The fourth-order valence-corrected chi connectivity index (χ4v) is 4.86. The zero-order chi connectivity index (χ0) is 21.9. The van der Waals surface area contributed by atoms with Crippen LogP contribution in [-0.2, 0) is 16.0 Å². The van der Waals surface area contributed by atoms with Crippen molar-refractivity contribution in [3.05, 3.63) is 18.0 Å². The zero-order valence-electron chi connectivity index (χ0n) is 18.5. The standard InChI is InChI=1S/C22H36N6O2S/c1-2-3-8-13-23-22(31)14-21(29)24-15-17-16(18-11-12-19(17)30-18)9-6-4-5-7-10-20-25-27-28-26-20/h4,6,16-19H,2-3,5,7-15H2,1H3,(H,23,31)(H,24,29)(H,25,26,27,28)/b6-4-/t16-,17+,18-,19+/m0/s1. The number of aromatic nitrogens is 4. The number of unbranched alkanes of at least 4 members (excludes halogenated alkanes) is 3. The number of carbonyl (C=O) groups is 1. The number of rotatable bonds is 14. The number of ether oxygens (including phenoxy) is 1. The lowest BCUT2D eigenvalue weighted by Gasteiger charge is -2.27. The minimum absolute atomic E-state index is 0.00645. The van der Waals surface area contributed by atoms with E-state index in [1.54, 1.807) is 0 Å². The third-order valence-electron chi connectivity index (χ3n) is 6.30. The minimum atomic E-state index is 0.00645. The Balaban J connectivity index is 1.34. The summed E-state index contributed by atoms with van der Waals surface area (Å²) in [7, 11) is 0. The normalized spacial score (nSPS) is 24.7. The summed E-state index contributed by atoms with van der Waals surface area (Å²) in [6.07, 6.45) is 15.0. The number of H-pyrrole nitrogens is 1. The second kappa shape index (κ2) is 12.9. The Morgan fingerprint density at radius 3 is 2.81 bits per heavy atom. The van der Waals surface area contributed by atoms with Gasteiger partial charge in [0.15, 0.2) is 0 Å². The number of aromatic amines is 1. The molecule has 3 N–H and O–H groups in total. The van der Waals surface area contributed by atoms with E-state index >= 15 is 0 Å². The van der Waals surface area contributed by atoms with Gasteiger partial charge in [0, 0.05) is 25.4 Å². The zero-order valence-corrected chi connectivity index (χ0v) is 19.3. The topological polar surface area (TPSA) is 105 Å². The van der Waals surface area contributed by atoms with Gasteiger partial charge in [-0.2, -0.15) is 0 Å². The molecule has 3 heterocycles. The lowest BCUT2D eigenvalue weighted by Crippen LogP contribution is -2.39. The number of allylic oxidation sites excluding steroid dienone is 2. The van der Waals surface area contributed by atoms with Crippen LogP contribution in [-0.4, -0.2) is 56.8 Å². The van der Waals surface area contributed by atoms with Gasteiger partial charge >= 0.3 is 0 Å². The van der Waals surface area contributed by atoms with Crippen LogP contribution in [0.2, 0.25) is 0 Å². The van der Waals surface area contributed by atoms with Crippen LogP contribution in [0, 0.1) is 11.8 Å². The molecule has 2 saturated heterocycles. The third kappa shape index (κ3) is 7.64. The number of hydrogen-bond donors (Lipinski definition) is 3. The maximum Gasteiger partial charge on any atom is 0.226 e. The van der Waals surface area contributed by atoms with E-state index in [1.807, 2.05) is 0 Å². The van der Waals surface area contributed by atoms with E-state index in [0.29, 0.717) is 29.5 Å². The van der Waals surface area contributed by atoms with Gasteiger partial charge < -0.3 is 15.4 Å². The molecule has 4 atom stereocenters. The van der Waals surface area contributed by atoms with Gasteiger partial charge in [0.1, 0.15) is 5.82 Å². The van der Waals surface area contributed by atoms with E-state index in [0.717, 1.165) is 57.3 Å². The summed E-state index contributed by atoms with van der Waals surface area (Å²) < 4.78 is 6.16. The first kappa shape index (κ1) is 23.8. The molecular weight excluding hydrogens is 412 g/mol. The molecule has 2 aliphatic heterocycles. The molecule has 0 aromatic carbocycles. The Bertz CT molecular complexity index is 711.